The number of piperazine rings is 1. The lowest BCUT2D eigenvalue weighted by Gasteiger charge is -2.44. The average Bonchev–Trinajstić information content (AvgIpc) is 3.07. The summed E-state index contributed by atoms with van der Waals surface area (Å²) in [6, 6.07) is 8.31. The van der Waals surface area contributed by atoms with Crippen LogP contribution in [-0.2, 0) is 11.3 Å². The van der Waals surface area contributed by atoms with Gasteiger partial charge in [-0.05, 0) is 56.2 Å². The second-order valence-electron chi connectivity index (χ2n) is 10.0. The zero-order chi connectivity index (χ0) is 26.4. The van der Waals surface area contributed by atoms with Crippen molar-refractivity contribution in [2.45, 2.75) is 44.3 Å². The number of benzene rings is 2. The number of amides is 1. The summed E-state index contributed by atoms with van der Waals surface area (Å²) in [4.78, 5) is 35.4. The number of aryl methyl sites for hydroxylation is 1. The molecule has 37 heavy (non-hydrogen) atoms. The third-order valence-corrected chi connectivity index (χ3v) is 8.66. The molecule has 7 nitrogen and oxygen atoms in total. The van der Waals surface area contributed by atoms with Crippen LogP contribution in [0, 0.1) is 18.7 Å². The van der Waals surface area contributed by atoms with Gasteiger partial charge in [0.25, 0.3) is 0 Å². The van der Waals surface area contributed by atoms with Crippen LogP contribution in [0.4, 0.5) is 10.2 Å². The molecule has 1 N–H and O–H groups in total. The van der Waals surface area contributed by atoms with Crippen molar-refractivity contribution < 1.29 is 14.3 Å². The molecular formula is C28H31FN4O3S. The molecule has 0 unspecified atom stereocenters. The summed E-state index contributed by atoms with van der Waals surface area (Å²) in [6.07, 6.45) is 1.34. The van der Waals surface area contributed by atoms with Gasteiger partial charge in [-0.2, -0.15) is 4.98 Å². The van der Waals surface area contributed by atoms with E-state index in [0.717, 1.165) is 32.5 Å². The van der Waals surface area contributed by atoms with Crippen LogP contribution in [0.2, 0.25) is 0 Å². The first kappa shape index (κ1) is 25.5. The van der Waals surface area contributed by atoms with E-state index in [1.54, 1.807) is 28.5 Å². The summed E-state index contributed by atoms with van der Waals surface area (Å²) in [7, 11) is 0. The minimum Gasteiger partial charge on any atom is -0.396 e. The molecule has 0 radical (unpaired) electrons. The van der Waals surface area contributed by atoms with Gasteiger partial charge in [-0.3, -0.25) is 9.36 Å². The van der Waals surface area contributed by atoms with Crippen molar-refractivity contribution in [3.8, 4) is 11.1 Å². The lowest BCUT2D eigenvalue weighted by atomic mass is 9.97. The van der Waals surface area contributed by atoms with Crippen LogP contribution in [0.1, 0.15) is 19.4 Å². The number of aromatic nitrogens is 2. The van der Waals surface area contributed by atoms with E-state index in [1.165, 1.54) is 18.2 Å². The highest BCUT2D eigenvalue weighted by Gasteiger charge is 2.34. The number of halogens is 1. The lowest BCUT2D eigenvalue weighted by molar-refractivity contribution is -0.130. The Morgan fingerprint density at radius 1 is 1.22 bits per heavy atom. The fraction of sp³-hybridized carbons (Fsp3) is 0.393. The molecule has 1 saturated heterocycles. The molecule has 1 amide bonds. The average molecular weight is 523 g/mol. The summed E-state index contributed by atoms with van der Waals surface area (Å²) >= 11 is 1.62. The van der Waals surface area contributed by atoms with Crippen molar-refractivity contribution in [3.05, 3.63) is 64.9 Å². The standard InChI is InChI=1S/C28H31FN4O3S/c1-5-23(35)33-17(3)11-31(12-18(33)4)27-22-10-16(2)24(20-6-8-21(29)9-7-20)26-25(22)32(28(36)30-27)13-19(14-34)15-37-26/h5-10,17-19,34H,1,11-15H2,2-4H3/t17-,18+,19-/m1/s1. The maximum Gasteiger partial charge on any atom is 0.350 e. The molecule has 2 aromatic carbocycles. The van der Waals surface area contributed by atoms with Gasteiger partial charge in [0, 0.05) is 65.8 Å². The Bertz CT molecular complexity index is 1430. The van der Waals surface area contributed by atoms with Crippen LogP contribution in [0.25, 0.3) is 22.0 Å². The van der Waals surface area contributed by atoms with Crippen LogP contribution in [-0.4, -0.2) is 63.0 Å². The molecule has 194 valence electrons. The van der Waals surface area contributed by atoms with E-state index in [1.807, 2.05) is 25.7 Å². The second-order valence-corrected chi connectivity index (χ2v) is 11.1. The van der Waals surface area contributed by atoms with Gasteiger partial charge in [-0.1, -0.05) is 18.7 Å². The van der Waals surface area contributed by atoms with Gasteiger partial charge < -0.3 is 14.9 Å². The van der Waals surface area contributed by atoms with Gasteiger partial charge in [-0.15, -0.1) is 11.8 Å². The predicted molar refractivity (Wildman–Crippen MR) is 146 cm³/mol. The van der Waals surface area contributed by atoms with Crippen LogP contribution in [0.5, 0.6) is 0 Å². The Hall–Kier alpha value is -3.17. The molecule has 1 fully saturated rings. The zero-order valence-corrected chi connectivity index (χ0v) is 22.1. The molecule has 3 heterocycles. The molecule has 0 bridgehead atoms. The number of anilines is 1. The van der Waals surface area contributed by atoms with Gasteiger partial charge in [0.2, 0.25) is 5.91 Å². The Morgan fingerprint density at radius 3 is 2.51 bits per heavy atom. The summed E-state index contributed by atoms with van der Waals surface area (Å²) < 4.78 is 15.4. The van der Waals surface area contributed by atoms with Crippen molar-refractivity contribution in [1.29, 1.82) is 0 Å². The Kier molecular flexibility index (Phi) is 6.85. The Balaban J connectivity index is 1.73. The molecule has 2 aliphatic heterocycles. The zero-order valence-electron chi connectivity index (χ0n) is 21.3. The highest BCUT2D eigenvalue weighted by atomic mass is 32.2. The number of aliphatic hydroxyl groups is 1. The summed E-state index contributed by atoms with van der Waals surface area (Å²) in [5.41, 5.74) is 3.28. The Labute approximate surface area is 219 Å². The fourth-order valence-corrected chi connectivity index (χ4v) is 7.10. The van der Waals surface area contributed by atoms with E-state index in [-0.39, 0.29) is 42.0 Å². The molecule has 9 heteroatoms. The van der Waals surface area contributed by atoms with Gasteiger partial charge in [0.15, 0.2) is 0 Å². The van der Waals surface area contributed by atoms with Crippen molar-refractivity contribution in [2.75, 3.05) is 30.3 Å². The quantitative estimate of drug-likeness (QED) is 0.525. The fourth-order valence-electron chi connectivity index (χ4n) is 5.71. The molecule has 0 saturated carbocycles. The molecule has 5 rings (SSSR count). The molecular weight excluding hydrogens is 491 g/mol. The lowest BCUT2D eigenvalue weighted by Crippen LogP contribution is -2.58. The smallest absolute Gasteiger partial charge is 0.350 e. The monoisotopic (exact) mass is 522 g/mol. The van der Waals surface area contributed by atoms with Crippen molar-refractivity contribution in [1.82, 2.24) is 14.5 Å². The minimum absolute atomic E-state index is 0.0319. The number of aliphatic hydroxyl groups excluding tert-OH is 1. The van der Waals surface area contributed by atoms with E-state index in [9.17, 15) is 19.1 Å². The minimum atomic E-state index is -0.358. The van der Waals surface area contributed by atoms with Crippen LogP contribution in [0.15, 0.2) is 52.7 Å². The number of nitrogens with zero attached hydrogens (tertiary/aromatic N) is 4. The van der Waals surface area contributed by atoms with Crippen molar-refractivity contribution in [2.24, 2.45) is 5.92 Å². The van der Waals surface area contributed by atoms with Crippen molar-refractivity contribution in [3.63, 3.8) is 0 Å². The number of carbonyl (C=O) groups excluding carboxylic acids is 1. The summed E-state index contributed by atoms with van der Waals surface area (Å²) in [6.45, 7) is 11.1. The molecule has 0 spiro atoms. The predicted octanol–water partition coefficient (Wildman–Crippen LogP) is 3.84. The maximum atomic E-state index is 13.7. The maximum absolute atomic E-state index is 13.7. The SMILES string of the molecule is C=CC(=O)N1[C@H](C)CN(c2nc(=O)n3c4c(c(-c5ccc(F)cc5)c(C)cc24)SC[C@@H](CO)C3)C[C@@H]1C. The van der Waals surface area contributed by atoms with E-state index >= 15 is 0 Å². The van der Waals surface area contributed by atoms with Gasteiger partial charge in [-0.25, -0.2) is 9.18 Å². The number of rotatable bonds is 4. The third-order valence-electron chi connectivity index (χ3n) is 7.34. The second kappa shape index (κ2) is 9.95. The number of thioether (sulfide) groups is 1. The van der Waals surface area contributed by atoms with E-state index in [0.29, 0.717) is 31.2 Å². The number of hydrogen-bond acceptors (Lipinski definition) is 6. The number of hydrogen-bond donors (Lipinski definition) is 1. The summed E-state index contributed by atoms with van der Waals surface area (Å²) in [5.74, 6) is 0.754. The summed E-state index contributed by atoms with van der Waals surface area (Å²) in [5, 5.41) is 10.8. The first-order valence-electron chi connectivity index (χ1n) is 12.5. The van der Waals surface area contributed by atoms with Gasteiger partial charge >= 0.3 is 5.69 Å². The van der Waals surface area contributed by atoms with Crippen LogP contribution < -0.4 is 10.6 Å². The molecule has 0 aliphatic carbocycles. The molecule has 2 aliphatic rings. The molecule has 3 atom stereocenters. The first-order valence-corrected chi connectivity index (χ1v) is 13.5. The Morgan fingerprint density at radius 2 is 1.89 bits per heavy atom. The highest BCUT2D eigenvalue weighted by Crippen LogP contribution is 2.44. The van der Waals surface area contributed by atoms with Gasteiger partial charge in [0.05, 0.1) is 5.52 Å². The van der Waals surface area contributed by atoms with E-state index < -0.39 is 0 Å². The normalized spacial score (nSPS) is 21.7. The first-order chi connectivity index (χ1) is 17.7. The van der Waals surface area contributed by atoms with Crippen LogP contribution in [0.3, 0.4) is 0 Å². The van der Waals surface area contributed by atoms with Gasteiger partial charge in [0.1, 0.15) is 11.6 Å². The molecule has 3 aromatic rings. The largest absolute Gasteiger partial charge is 0.396 e. The molecule has 1 aromatic heterocycles. The van der Waals surface area contributed by atoms with E-state index in [2.05, 4.69) is 22.5 Å². The topological polar surface area (TPSA) is 78.7 Å². The van der Waals surface area contributed by atoms with E-state index in [4.69, 9.17) is 0 Å². The van der Waals surface area contributed by atoms with Crippen molar-refractivity contribution >= 4 is 34.4 Å². The highest BCUT2D eigenvalue weighted by molar-refractivity contribution is 7.99. The third kappa shape index (κ3) is 4.44. The number of carbonyl (C=O) groups is 1. The van der Waals surface area contributed by atoms with Crippen LogP contribution >= 0.6 is 11.8 Å².